The molecule has 0 aliphatic carbocycles. The molecule has 0 radical (unpaired) electrons. The van der Waals surface area contributed by atoms with Crippen molar-refractivity contribution < 1.29 is 14.3 Å². The quantitative estimate of drug-likeness (QED) is 0.361. The maximum atomic E-state index is 11.8. The Hall–Kier alpha value is -3.12. The fourth-order valence-electron chi connectivity index (χ4n) is 1.80. The minimum atomic E-state index is -0.907. The summed E-state index contributed by atoms with van der Waals surface area (Å²) in [6.45, 7) is 3.96. The van der Waals surface area contributed by atoms with Crippen molar-refractivity contribution in [3.63, 3.8) is 0 Å². The van der Waals surface area contributed by atoms with E-state index in [4.69, 9.17) is 16.3 Å². The number of hydrazone groups is 1. The number of nitrogens with one attached hydrogen (secondary N) is 2. The van der Waals surface area contributed by atoms with E-state index in [0.29, 0.717) is 28.6 Å². The van der Waals surface area contributed by atoms with Gasteiger partial charge in [0.15, 0.2) is 0 Å². The number of ether oxygens (including phenoxy) is 1. The van der Waals surface area contributed by atoms with Crippen molar-refractivity contribution in [3.8, 4) is 5.75 Å². The van der Waals surface area contributed by atoms with Crippen LogP contribution in [0.5, 0.6) is 5.75 Å². The number of anilines is 1. The lowest BCUT2D eigenvalue weighted by Gasteiger charge is -2.05. The molecule has 2 N–H and O–H groups in total. The van der Waals surface area contributed by atoms with Crippen LogP contribution in [0.15, 0.2) is 66.3 Å². The van der Waals surface area contributed by atoms with Crippen LogP contribution in [0.3, 0.4) is 0 Å². The number of hydrogen-bond acceptors (Lipinski definition) is 4. The van der Waals surface area contributed by atoms with Gasteiger partial charge in [-0.05, 0) is 29.8 Å². The zero-order valence-electron chi connectivity index (χ0n) is 13.2. The minimum Gasteiger partial charge on any atom is -0.490 e. The normalized spacial score (nSPS) is 10.3. The van der Waals surface area contributed by atoms with Gasteiger partial charge in [-0.1, -0.05) is 48.5 Å². The lowest BCUT2D eigenvalue weighted by atomic mass is 10.2. The Balaban J connectivity index is 1.90. The molecule has 0 heterocycles. The van der Waals surface area contributed by atoms with Gasteiger partial charge in [0.25, 0.3) is 0 Å². The lowest BCUT2D eigenvalue weighted by Crippen LogP contribution is -2.32. The lowest BCUT2D eigenvalue weighted by molar-refractivity contribution is -0.136. The molecule has 0 bridgehead atoms. The molecule has 25 heavy (non-hydrogen) atoms. The highest BCUT2D eigenvalue weighted by Gasteiger charge is 2.14. The Kier molecular flexibility index (Phi) is 6.74. The summed E-state index contributed by atoms with van der Waals surface area (Å²) in [5.41, 5.74) is 3.20. The van der Waals surface area contributed by atoms with Crippen molar-refractivity contribution in [1.82, 2.24) is 5.43 Å². The second kappa shape index (κ2) is 9.24. The van der Waals surface area contributed by atoms with E-state index < -0.39 is 11.8 Å². The molecule has 128 valence electrons. The van der Waals surface area contributed by atoms with E-state index in [0.717, 1.165) is 0 Å². The summed E-state index contributed by atoms with van der Waals surface area (Å²) >= 11 is 5.91. The van der Waals surface area contributed by atoms with Crippen LogP contribution < -0.4 is 15.5 Å². The summed E-state index contributed by atoms with van der Waals surface area (Å²) in [5.74, 6) is -1.13. The second-order valence-corrected chi connectivity index (χ2v) is 5.21. The maximum absolute atomic E-state index is 11.8. The molecule has 0 aromatic heterocycles. The molecular weight excluding hydrogens is 342 g/mol. The van der Waals surface area contributed by atoms with E-state index in [2.05, 4.69) is 22.4 Å². The molecule has 2 aromatic rings. The number of nitrogens with zero attached hydrogens (tertiary/aromatic N) is 1. The molecule has 7 heteroatoms. The van der Waals surface area contributed by atoms with E-state index in [-0.39, 0.29) is 0 Å². The van der Waals surface area contributed by atoms with Gasteiger partial charge in [-0.25, -0.2) is 5.43 Å². The maximum Gasteiger partial charge on any atom is 0.329 e. The van der Waals surface area contributed by atoms with E-state index in [9.17, 15) is 9.59 Å². The van der Waals surface area contributed by atoms with Crippen LogP contribution in [0.4, 0.5) is 5.69 Å². The first kappa shape index (κ1) is 18.2. The highest BCUT2D eigenvalue weighted by Crippen LogP contribution is 2.20. The molecule has 6 nitrogen and oxygen atoms in total. The summed E-state index contributed by atoms with van der Waals surface area (Å²) in [6.07, 6.45) is 3.04. The van der Waals surface area contributed by atoms with Crippen molar-refractivity contribution in [1.29, 1.82) is 0 Å². The number of carbonyl (C=O) groups excluding carboxylic acids is 2. The summed E-state index contributed by atoms with van der Waals surface area (Å²) < 4.78 is 5.40. The van der Waals surface area contributed by atoms with E-state index in [1.54, 1.807) is 54.6 Å². The van der Waals surface area contributed by atoms with Crippen LogP contribution >= 0.6 is 11.6 Å². The monoisotopic (exact) mass is 357 g/mol. The fraction of sp³-hybridized carbons (Fsp3) is 0.0556. The van der Waals surface area contributed by atoms with Crippen LogP contribution in [0.1, 0.15) is 5.56 Å². The van der Waals surface area contributed by atoms with Crippen molar-refractivity contribution >= 4 is 35.3 Å². The predicted octanol–water partition coefficient (Wildman–Crippen LogP) is 2.99. The minimum absolute atomic E-state index is 0.337. The van der Waals surface area contributed by atoms with Gasteiger partial charge in [0.05, 0.1) is 16.9 Å². The van der Waals surface area contributed by atoms with Crippen LogP contribution in [-0.2, 0) is 9.59 Å². The molecule has 0 saturated heterocycles. The first-order chi connectivity index (χ1) is 12.1. The van der Waals surface area contributed by atoms with E-state index in [1.807, 2.05) is 0 Å². The van der Waals surface area contributed by atoms with Gasteiger partial charge in [-0.2, -0.15) is 5.10 Å². The molecule has 0 spiro atoms. The third-order valence-corrected chi connectivity index (χ3v) is 3.26. The number of amides is 2. The first-order valence-electron chi connectivity index (χ1n) is 7.33. The highest BCUT2D eigenvalue weighted by molar-refractivity contribution is 6.41. The summed E-state index contributed by atoms with van der Waals surface area (Å²) in [5, 5.41) is 6.50. The molecule has 0 aliphatic heterocycles. The molecular formula is C18H16ClN3O3. The van der Waals surface area contributed by atoms with Crippen LogP contribution in [0.25, 0.3) is 0 Å². The third kappa shape index (κ3) is 5.78. The zero-order chi connectivity index (χ0) is 18.1. The molecule has 2 amide bonds. The Labute approximate surface area is 150 Å². The number of halogens is 1. The number of benzene rings is 2. The Morgan fingerprint density at radius 3 is 2.72 bits per heavy atom. The van der Waals surface area contributed by atoms with Gasteiger partial charge in [0, 0.05) is 0 Å². The first-order valence-corrected chi connectivity index (χ1v) is 7.70. The largest absolute Gasteiger partial charge is 0.490 e. The molecule has 2 aromatic carbocycles. The van der Waals surface area contributed by atoms with Crippen molar-refractivity contribution in [2.45, 2.75) is 0 Å². The third-order valence-electron chi connectivity index (χ3n) is 2.93. The van der Waals surface area contributed by atoms with Crippen molar-refractivity contribution in [2.24, 2.45) is 5.10 Å². The summed E-state index contributed by atoms with van der Waals surface area (Å²) in [4.78, 5) is 23.5. The molecule has 0 aliphatic rings. The average molecular weight is 358 g/mol. The highest BCUT2D eigenvalue weighted by atomic mass is 35.5. The fourth-order valence-corrected chi connectivity index (χ4v) is 1.98. The molecule has 0 atom stereocenters. The number of para-hydroxylation sites is 1. The molecule has 2 rings (SSSR count). The van der Waals surface area contributed by atoms with Gasteiger partial charge < -0.3 is 10.1 Å². The zero-order valence-corrected chi connectivity index (χ0v) is 14.0. The van der Waals surface area contributed by atoms with Crippen molar-refractivity contribution in [2.75, 3.05) is 11.9 Å². The van der Waals surface area contributed by atoms with E-state index >= 15 is 0 Å². The van der Waals surface area contributed by atoms with Gasteiger partial charge in [-0.15, -0.1) is 0 Å². The molecule has 0 unspecified atom stereocenters. The molecule has 0 fully saturated rings. The second-order valence-electron chi connectivity index (χ2n) is 4.81. The number of rotatable bonds is 6. The Morgan fingerprint density at radius 2 is 1.96 bits per heavy atom. The molecule has 0 saturated carbocycles. The van der Waals surface area contributed by atoms with Gasteiger partial charge >= 0.3 is 11.8 Å². The summed E-state index contributed by atoms with van der Waals surface area (Å²) in [6, 6.07) is 13.7. The summed E-state index contributed by atoms with van der Waals surface area (Å²) in [7, 11) is 0. The van der Waals surface area contributed by atoms with Crippen molar-refractivity contribution in [3.05, 3.63) is 71.8 Å². The smallest absolute Gasteiger partial charge is 0.329 e. The van der Waals surface area contributed by atoms with Gasteiger partial charge in [-0.3, -0.25) is 9.59 Å². The number of carbonyl (C=O) groups is 2. The standard InChI is InChI=1S/C18H16ClN3O3/c1-2-10-25-14-7-5-6-13(11-14)12-20-22-18(24)17(23)21-16-9-4-3-8-15(16)19/h2-9,11-12H,1,10H2,(H,21,23)(H,22,24)/b20-12+. The van der Waals surface area contributed by atoms with Crippen LogP contribution in [-0.4, -0.2) is 24.6 Å². The predicted molar refractivity (Wildman–Crippen MR) is 98.0 cm³/mol. The number of hydrogen-bond donors (Lipinski definition) is 2. The topological polar surface area (TPSA) is 79.8 Å². The van der Waals surface area contributed by atoms with Gasteiger partial charge in [0.2, 0.25) is 0 Å². The average Bonchev–Trinajstić information content (AvgIpc) is 2.62. The van der Waals surface area contributed by atoms with Gasteiger partial charge in [0.1, 0.15) is 12.4 Å². The SMILES string of the molecule is C=CCOc1cccc(/C=N/NC(=O)C(=O)Nc2ccccc2Cl)c1. The van der Waals surface area contributed by atoms with E-state index in [1.165, 1.54) is 6.21 Å². The van der Waals surface area contributed by atoms with Crippen LogP contribution in [0.2, 0.25) is 5.02 Å². The Morgan fingerprint density at radius 1 is 1.16 bits per heavy atom. The Bertz CT molecular complexity index is 806. The van der Waals surface area contributed by atoms with Crippen LogP contribution in [0, 0.1) is 0 Å².